The number of anilines is 1. The molecule has 146 valence electrons. The molecule has 3 N–H and O–H groups in total. The maximum Gasteiger partial charge on any atom is 0.261 e. The molecule has 27 heavy (non-hydrogen) atoms. The second-order valence-electron chi connectivity index (χ2n) is 6.79. The average Bonchev–Trinajstić information content (AvgIpc) is 2.65. The van der Waals surface area contributed by atoms with Crippen molar-refractivity contribution < 1.29 is 13.2 Å². The van der Waals surface area contributed by atoms with Crippen LogP contribution in [0.1, 0.15) is 30.6 Å². The SMILES string of the molecule is CC(C)C(N)CCN(C)C(=O)c1ccc(S(=O)(=O)Nc2ccncc2)cc1. The highest BCUT2D eigenvalue weighted by Crippen LogP contribution is 2.16. The van der Waals surface area contributed by atoms with Crippen molar-refractivity contribution >= 4 is 21.6 Å². The van der Waals surface area contributed by atoms with E-state index < -0.39 is 10.0 Å². The Morgan fingerprint density at radius 1 is 1.15 bits per heavy atom. The molecular formula is C19H26N4O3S. The van der Waals surface area contributed by atoms with E-state index in [0.29, 0.717) is 30.1 Å². The van der Waals surface area contributed by atoms with E-state index in [9.17, 15) is 13.2 Å². The molecule has 1 aromatic heterocycles. The van der Waals surface area contributed by atoms with Gasteiger partial charge < -0.3 is 10.6 Å². The van der Waals surface area contributed by atoms with Crippen molar-refractivity contribution in [1.29, 1.82) is 0 Å². The fourth-order valence-electron chi connectivity index (χ4n) is 2.41. The van der Waals surface area contributed by atoms with Crippen LogP contribution in [0.15, 0.2) is 53.7 Å². The number of benzene rings is 1. The predicted octanol–water partition coefficient (Wildman–Crippen LogP) is 2.33. The molecule has 0 bridgehead atoms. The van der Waals surface area contributed by atoms with Gasteiger partial charge in [-0.05, 0) is 48.7 Å². The van der Waals surface area contributed by atoms with Gasteiger partial charge in [-0.2, -0.15) is 0 Å². The Hall–Kier alpha value is -2.45. The smallest absolute Gasteiger partial charge is 0.261 e. The number of carbonyl (C=O) groups is 1. The van der Waals surface area contributed by atoms with Crippen LogP contribution in [0.25, 0.3) is 0 Å². The average molecular weight is 391 g/mol. The monoisotopic (exact) mass is 390 g/mol. The molecular weight excluding hydrogens is 364 g/mol. The molecule has 0 radical (unpaired) electrons. The van der Waals surface area contributed by atoms with Gasteiger partial charge in [-0.1, -0.05) is 13.8 Å². The van der Waals surface area contributed by atoms with Gasteiger partial charge in [-0.15, -0.1) is 0 Å². The zero-order chi connectivity index (χ0) is 20.0. The molecule has 0 fully saturated rings. The summed E-state index contributed by atoms with van der Waals surface area (Å²) in [7, 11) is -2.01. The number of nitrogens with two attached hydrogens (primary N) is 1. The lowest BCUT2D eigenvalue weighted by Crippen LogP contribution is -2.34. The number of nitrogens with zero attached hydrogens (tertiary/aromatic N) is 2. The van der Waals surface area contributed by atoms with E-state index in [1.54, 1.807) is 24.1 Å². The molecule has 0 saturated carbocycles. The Balaban J connectivity index is 2.04. The van der Waals surface area contributed by atoms with Crippen LogP contribution in [-0.4, -0.2) is 43.8 Å². The summed E-state index contributed by atoms with van der Waals surface area (Å²) in [5, 5.41) is 0. The number of sulfonamides is 1. The Kier molecular flexibility index (Phi) is 6.92. The molecule has 0 aliphatic rings. The highest BCUT2D eigenvalue weighted by Gasteiger charge is 2.17. The fourth-order valence-corrected chi connectivity index (χ4v) is 3.47. The second kappa shape index (κ2) is 8.96. The molecule has 2 rings (SSSR count). The van der Waals surface area contributed by atoms with Gasteiger partial charge in [0.15, 0.2) is 0 Å². The molecule has 7 nitrogen and oxygen atoms in total. The minimum absolute atomic E-state index is 0.0343. The third kappa shape index (κ3) is 5.77. The first kappa shape index (κ1) is 20.9. The van der Waals surface area contributed by atoms with Crippen molar-refractivity contribution in [3.05, 3.63) is 54.4 Å². The maximum atomic E-state index is 12.5. The van der Waals surface area contributed by atoms with Crippen LogP contribution in [0, 0.1) is 5.92 Å². The molecule has 1 heterocycles. The lowest BCUT2D eigenvalue weighted by molar-refractivity contribution is 0.0789. The van der Waals surface area contributed by atoms with E-state index in [4.69, 9.17) is 5.73 Å². The summed E-state index contributed by atoms with van der Waals surface area (Å²) in [5.41, 5.74) is 6.87. The van der Waals surface area contributed by atoms with Gasteiger partial charge in [0.05, 0.1) is 10.6 Å². The summed E-state index contributed by atoms with van der Waals surface area (Å²) in [5.74, 6) is 0.183. The minimum Gasteiger partial charge on any atom is -0.342 e. The van der Waals surface area contributed by atoms with Crippen LogP contribution in [0.2, 0.25) is 0 Å². The van der Waals surface area contributed by atoms with Gasteiger partial charge in [0.2, 0.25) is 0 Å². The lowest BCUT2D eigenvalue weighted by atomic mass is 10.0. The molecule has 0 saturated heterocycles. The molecule has 0 spiro atoms. The van der Waals surface area contributed by atoms with Crippen molar-refractivity contribution in [3.8, 4) is 0 Å². The van der Waals surface area contributed by atoms with E-state index >= 15 is 0 Å². The van der Waals surface area contributed by atoms with Crippen LogP contribution < -0.4 is 10.5 Å². The second-order valence-corrected chi connectivity index (χ2v) is 8.47. The van der Waals surface area contributed by atoms with Crippen LogP contribution in [0.4, 0.5) is 5.69 Å². The third-order valence-corrected chi connectivity index (χ3v) is 5.74. The normalized spacial score (nSPS) is 12.6. The quantitative estimate of drug-likeness (QED) is 0.720. The summed E-state index contributed by atoms with van der Waals surface area (Å²) < 4.78 is 27.3. The summed E-state index contributed by atoms with van der Waals surface area (Å²) in [6.45, 7) is 4.64. The minimum atomic E-state index is -3.73. The number of hydrogen-bond donors (Lipinski definition) is 2. The van der Waals surface area contributed by atoms with E-state index in [1.165, 1.54) is 36.7 Å². The van der Waals surface area contributed by atoms with Crippen LogP contribution in [-0.2, 0) is 10.0 Å². The number of carbonyl (C=O) groups excluding carboxylic acids is 1. The first-order valence-electron chi connectivity index (χ1n) is 8.74. The number of nitrogens with one attached hydrogen (secondary N) is 1. The Morgan fingerprint density at radius 3 is 2.30 bits per heavy atom. The van der Waals surface area contributed by atoms with Gasteiger partial charge in [0.1, 0.15) is 0 Å². The van der Waals surface area contributed by atoms with Crippen molar-refractivity contribution in [2.24, 2.45) is 11.7 Å². The van der Waals surface area contributed by atoms with E-state index in [-0.39, 0.29) is 16.8 Å². The zero-order valence-electron chi connectivity index (χ0n) is 15.8. The van der Waals surface area contributed by atoms with Gasteiger partial charge >= 0.3 is 0 Å². The molecule has 1 atom stereocenters. The standard InChI is InChI=1S/C19H26N4O3S/c1-14(2)18(20)10-13-23(3)19(24)15-4-6-17(7-5-15)27(25,26)22-16-8-11-21-12-9-16/h4-9,11-12,14,18H,10,13,20H2,1-3H3,(H,21,22). The van der Waals surface area contributed by atoms with E-state index in [2.05, 4.69) is 9.71 Å². The largest absolute Gasteiger partial charge is 0.342 e. The number of aromatic nitrogens is 1. The molecule has 0 aliphatic carbocycles. The highest BCUT2D eigenvalue weighted by molar-refractivity contribution is 7.92. The van der Waals surface area contributed by atoms with Crippen molar-refractivity contribution in [1.82, 2.24) is 9.88 Å². The Labute approximate surface area is 160 Å². The number of hydrogen-bond acceptors (Lipinski definition) is 5. The third-order valence-electron chi connectivity index (χ3n) is 4.34. The fraction of sp³-hybridized carbons (Fsp3) is 0.368. The number of pyridine rings is 1. The van der Waals surface area contributed by atoms with Crippen molar-refractivity contribution in [2.45, 2.75) is 31.2 Å². The van der Waals surface area contributed by atoms with E-state index in [1.807, 2.05) is 13.8 Å². The van der Waals surface area contributed by atoms with Crippen molar-refractivity contribution in [3.63, 3.8) is 0 Å². The molecule has 1 aromatic carbocycles. The highest BCUT2D eigenvalue weighted by atomic mass is 32.2. The Bertz CT molecular complexity index is 852. The van der Waals surface area contributed by atoms with Gasteiger partial charge in [0.25, 0.3) is 15.9 Å². The maximum absolute atomic E-state index is 12.5. The lowest BCUT2D eigenvalue weighted by Gasteiger charge is -2.21. The first-order chi connectivity index (χ1) is 12.7. The molecule has 8 heteroatoms. The van der Waals surface area contributed by atoms with Crippen LogP contribution >= 0.6 is 0 Å². The summed E-state index contributed by atoms with van der Waals surface area (Å²) in [4.78, 5) is 18.0. The molecule has 1 unspecified atom stereocenters. The van der Waals surface area contributed by atoms with Gasteiger partial charge in [-0.25, -0.2) is 8.42 Å². The Morgan fingerprint density at radius 2 is 1.74 bits per heavy atom. The molecule has 0 aliphatic heterocycles. The van der Waals surface area contributed by atoms with Crippen LogP contribution in [0.5, 0.6) is 0 Å². The summed E-state index contributed by atoms with van der Waals surface area (Å²) in [6, 6.07) is 9.03. The van der Waals surface area contributed by atoms with Gasteiger partial charge in [0, 0.05) is 37.6 Å². The number of rotatable bonds is 8. The predicted molar refractivity (Wildman–Crippen MR) is 106 cm³/mol. The number of amides is 1. The van der Waals surface area contributed by atoms with Gasteiger partial charge in [-0.3, -0.25) is 14.5 Å². The topological polar surface area (TPSA) is 105 Å². The first-order valence-corrected chi connectivity index (χ1v) is 10.2. The molecule has 2 aromatic rings. The zero-order valence-corrected chi connectivity index (χ0v) is 16.6. The summed E-state index contributed by atoms with van der Waals surface area (Å²) >= 11 is 0. The van der Waals surface area contributed by atoms with Crippen LogP contribution in [0.3, 0.4) is 0 Å². The van der Waals surface area contributed by atoms with Crippen molar-refractivity contribution in [2.75, 3.05) is 18.3 Å². The molecule has 1 amide bonds. The summed E-state index contributed by atoms with van der Waals surface area (Å²) in [6.07, 6.45) is 3.71. The van der Waals surface area contributed by atoms with E-state index in [0.717, 1.165) is 0 Å².